The molecule has 6 heteroatoms. The van der Waals surface area contributed by atoms with Gasteiger partial charge in [-0.25, -0.2) is 0 Å². The molecule has 0 bridgehead atoms. The molecule has 1 atom stereocenters. The Hall–Kier alpha value is -0.360. The Morgan fingerprint density at radius 2 is 1.46 bits per heavy atom. The van der Waals surface area contributed by atoms with Gasteiger partial charge in [0.05, 0.1) is 6.61 Å². The van der Waals surface area contributed by atoms with Crippen LogP contribution in [0.5, 0.6) is 0 Å². The Kier molecular flexibility index (Phi) is 15.3. The Bertz CT molecular complexity index is 371. The molecule has 152 valence electrons. The molecule has 0 aromatic heterocycles. The maximum Gasteiger partial charge on any atom is 0.305 e. The largest absolute Gasteiger partial charge is 0.481 e. The molecule has 0 spiro atoms. The summed E-state index contributed by atoms with van der Waals surface area (Å²) in [6.45, 7) is 0.573. The Balaban J connectivity index is 1.74. The van der Waals surface area contributed by atoms with Gasteiger partial charge >= 0.3 is 11.9 Å². The molecule has 0 aliphatic carbocycles. The topological polar surface area (TPSA) is 63.6 Å². The van der Waals surface area contributed by atoms with E-state index in [-0.39, 0.29) is 5.97 Å². The van der Waals surface area contributed by atoms with E-state index in [1.807, 2.05) is 21.6 Å². The van der Waals surface area contributed by atoms with Crippen LogP contribution in [0.2, 0.25) is 0 Å². The van der Waals surface area contributed by atoms with Crippen molar-refractivity contribution in [3.05, 3.63) is 0 Å². The predicted octanol–water partition coefficient (Wildman–Crippen LogP) is 6.23. The smallest absolute Gasteiger partial charge is 0.305 e. The zero-order valence-corrected chi connectivity index (χ0v) is 17.7. The molecule has 1 aliphatic heterocycles. The third-order valence-corrected chi connectivity index (χ3v) is 7.69. The molecule has 0 amide bonds. The number of carboxylic acid groups (broad SMARTS) is 1. The Morgan fingerprint density at radius 1 is 0.846 bits per heavy atom. The average Bonchev–Trinajstić information content (AvgIpc) is 3.13. The van der Waals surface area contributed by atoms with E-state index in [0.717, 1.165) is 50.2 Å². The number of carbonyl (C=O) groups excluding carboxylic acids is 1. The molecule has 1 rings (SSSR count). The van der Waals surface area contributed by atoms with Crippen LogP contribution >= 0.6 is 21.6 Å². The van der Waals surface area contributed by atoms with Gasteiger partial charge in [-0.3, -0.25) is 9.59 Å². The van der Waals surface area contributed by atoms with Gasteiger partial charge < -0.3 is 9.84 Å². The number of carboxylic acids is 1. The van der Waals surface area contributed by atoms with E-state index in [9.17, 15) is 9.59 Å². The Morgan fingerprint density at radius 3 is 2.08 bits per heavy atom. The molecule has 1 aliphatic rings. The van der Waals surface area contributed by atoms with Gasteiger partial charge in [0.1, 0.15) is 0 Å². The molecule has 1 fully saturated rings. The fraction of sp³-hybridized carbons (Fsp3) is 0.900. The molecule has 4 nitrogen and oxygen atoms in total. The quantitative estimate of drug-likeness (QED) is 0.176. The van der Waals surface area contributed by atoms with Gasteiger partial charge in [-0.15, -0.1) is 0 Å². The summed E-state index contributed by atoms with van der Waals surface area (Å²) >= 11 is 0. The highest BCUT2D eigenvalue weighted by molar-refractivity contribution is 8.77. The van der Waals surface area contributed by atoms with Crippen molar-refractivity contribution in [2.24, 2.45) is 0 Å². The van der Waals surface area contributed by atoms with Gasteiger partial charge in [0.2, 0.25) is 0 Å². The summed E-state index contributed by atoms with van der Waals surface area (Å²) in [6.07, 6.45) is 15.5. The number of hydrogen-bond donors (Lipinski definition) is 1. The summed E-state index contributed by atoms with van der Waals surface area (Å²) in [5.41, 5.74) is 0. The minimum Gasteiger partial charge on any atom is -0.481 e. The van der Waals surface area contributed by atoms with E-state index in [2.05, 4.69) is 0 Å². The second-order valence-corrected chi connectivity index (χ2v) is 9.91. The lowest BCUT2D eigenvalue weighted by Gasteiger charge is -2.07. The number of rotatable bonds is 17. The number of ether oxygens (including phenoxy) is 1. The fourth-order valence-electron chi connectivity index (χ4n) is 3.08. The summed E-state index contributed by atoms with van der Waals surface area (Å²) in [6, 6.07) is 0. The standard InChI is InChI=1S/C20H36O4S2/c21-19(22)13-8-6-4-2-1-3-5-7-11-16-24-20(23)14-10-9-12-18-15-17-25-26-18/h18H,1-17H2,(H,21,22). The molecule has 1 N–H and O–H groups in total. The second kappa shape index (κ2) is 16.8. The summed E-state index contributed by atoms with van der Waals surface area (Å²) in [5.74, 6) is 0.567. The molecular weight excluding hydrogens is 368 g/mol. The lowest BCUT2D eigenvalue weighted by atomic mass is 10.1. The zero-order valence-electron chi connectivity index (χ0n) is 16.1. The van der Waals surface area contributed by atoms with Crippen molar-refractivity contribution in [1.29, 1.82) is 0 Å². The third-order valence-electron chi connectivity index (χ3n) is 4.68. The summed E-state index contributed by atoms with van der Waals surface area (Å²) < 4.78 is 5.31. The van der Waals surface area contributed by atoms with Crippen LogP contribution in [0.15, 0.2) is 0 Å². The molecular formula is C20H36O4S2. The van der Waals surface area contributed by atoms with Gasteiger partial charge in [-0.2, -0.15) is 0 Å². The van der Waals surface area contributed by atoms with Crippen LogP contribution in [0.1, 0.15) is 96.3 Å². The molecule has 0 aromatic carbocycles. The average molecular weight is 405 g/mol. The molecule has 0 saturated carbocycles. The SMILES string of the molecule is O=C(O)CCCCCCCCCCCOC(=O)CCCCC1CCSS1. The summed E-state index contributed by atoms with van der Waals surface area (Å²) in [5, 5.41) is 9.36. The third kappa shape index (κ3) is 14.8. The fourth-order valence-corrected chi connectivity index (χ4v) is 6.11. The van der Waals surface area contributed by atoms with E-state index < -0.39 is 5.97 Å². The minimum absolute atomic E-state index is 0.0280. The number of hydrogen-bond acceptors (Lipinski definition) is 5. The molecule has 1 heterocycles. The first kappa shape index (κ1) is 23.7. The van der Waals surface area contributed by atoms with Gasteiger partial charge in [0.15, 0.2) is 0 Å². The van der Waals surface area contributed by atoms with Crippen molar-refractivity contribution in [3.63, 3.8) is 0 Å². The number of aliphatic carboxylic acids is 1. The highest BCUT2D eigenvalue weighted by Gasteiger charge is 2.15. The summed E-state index contributed by atoms with van der Waals surface area (Å²) in [7, 11) is 3.99. The first-order valence-electron chi connectivity index (χ1n) is 10.3. The summed E-state index contributed by atoms with van der Waals surface area (Å²) in [4.78, 5) is 22.1. The number of unbranched alkanes of at least 4 members (excludes halogenated alkanes) is 9. The van der Waals surface area contributed by atoms with Crippen LogP contribution < -0.4 is 0 Å². The first-order chi connectivity index (χ1) is 12.7. The predicted molar refractivity (Wildman–Crippen MR) is 112 cm³/mol. The van der Waals surface area contributed by atoms with Crippen LogP contribution in [-0.4, -0.2) is 34.7 Å². The Labute approximate surface area is 167 Å². The van der Waals surface area contributed by atoms with Gasteiger partial charge in [-0.1, -0.05) is 73.0 Å². The van der Waals surface area contributed by atoms with E-state index in [1.165, 1.54) is 44.3 Å². The normalized spacial score (nSPS) is 16.7. The van der Waals surface area contributed by atoms with E-state index in [4.69, 9.17) is 9.84 Å². The number of esters is 1. The molecule has 0 aromatic rings. The molecule has 1 unspecified atom stereocenters. The molecule has 0 radical (unpaired) electrons. The number of carbonyl (C=O) groups is 2. The van der Waals surface area contributed by atoms with Crippen LogP contribution in [0.4, 0.5) is 0 Å². The second-order valence-electron chi connectivity index (χ2n) is 7.12. The zero-order chi connectivity index (χ0) is 18.9. The minimum atomic E-state index is -0.687. The molecule has 26 heavy (non-hydrogen) atoms. The van der Waals surface area contributed by atoms with Crippen LogP contribution in [-0.2, 0) is 14.3 Å². The van der Waals surface area contributed by atoms with E-state index >= 15 is 0 Å². The van der Waals surface area contributed by atoms with Crippen LogP contribution in [0.25, 0.3) is 0 Å². The van der Waals surface area contributed by atoms with Gasteiger partial charge in [0, 0.05) is 23.8 Å². The lowest BCUT2D eigenvalue weighted by Crippen LogP contribution is -2.06. The van der Waals surface area contributed by atoms with Crippen LogP contribution in [0.3, 0.4) is 0 Å². The van der Waals surface area contributed by atoms with Crippen molar-refractivity contribution in [2.75, 3.05) is 12.4 Å². The van der Waals surface area contributed by atoms with Gasteiger partial charge in [0.25, 0.3) is 0 Å². The van der Waals surface area contributed by atoms with Crippen molar-refractivity contribution in [1.82, 2.24) is 0 Å². The monoisotopic (exact) mass is 404 g/mol. The van der Waals surface area contributed by atoms with Crippen molar-refractivity contribution in [2.45, 2.75) is 102 Å². The van der Waals surface area contributed by atoms with Crippen LogP contribution in [0, 0.1) is 0 Å². The van der Waals surface area contributed by atoms with Crippen molar-refractivity contribution >= 4 is 33.5 Å². The van der Waals surface area contributed by atoms with Crippen molar-refractivity contribution < 1.29 is 19.4 Å². The van der Waals surface area contributed by atoms with Gasteiger partial charge in [-0.05, 0) is 32.1 Å². The highest BCUT2D eigenvalue weighted by atomic mass is 33.1. The lowest BCUT2D eigenvalue weighted by molar-refractivity contribution is -0.144. The molecule has 1 saturated heterocycles. The maximum atomic E-state index is 11.7. The van der Waals surface area contributed by atoms with E-state index in [1.54, 1.807) is 0 Å². The maximum absolute atomic E-state index is 11.7. The highest BCUT2D eigenvalue weighted by Crippen LogP contribution is 2.39. The van der Waals surface area contributed by atoms with Crippen molar-refractivity contribution in [3.8, 4) is 0 Å². The van der Waals surface area contributed by atoms with E-state index in [0.29, 0.717) is 19.4 Å². The first-order valence-corrected chi connectivity index (χ1v) is 12.7.